The molecule has 0 amide bonds. The van der Waals surface area contributed by atoms with E-state index in [1.165, 1.54) is 13.8 Å². The summed E-state index contributed by atoms with van der Waals surface area (Å²) in [5.74, 6) is -1.93. The lowest BCUT2D eigenvalue weighted by Gasteiger charge is -2.28. The highest BCUT2D eigenvalue weighted by molar-refractivity contribution is 7.89. The molecule has 0 aliphatic rings. The van der Waals surface area contributed by atoms with Gasteiger partial charge < -0.3 is 4.90 Å². The lowest BCUT2D eigenvalue weighted by molar-refractivity contribution is -0.149. The van der Waals surface area contributed by atoms with Gasteiger partial charge in [0.05, 0.1) is 10.6 Å². The second-order valence-electron chi connectivity index (χ2n) is 6.92. The van der Waals surface area contributed by atoms with Crippen LogP contribution in [0.1, 0.15) is 16.7 Å². The Morgan fingerprint density at radius 2 is 1.59 bits per heavy atom. The summed E-state index contributed by atoms with van der Waals surface area (Å²) in [7, 11) is -3.36. The summed E-state index contributed by atoms with van der Waals surface area (Å²) in [6.07, 6.45) is -4.94. The fourth-order valence-electron chi connectivity index (χ4n) is 3.21. The van der Waals surface area contributed by atoms with Gasteiger partial charge in [-0.15, -0.1) is 0 Å². The Morgan fingerprint density at radius 3 is 2.07 bits per heavy atom. The third kappa shape index (κ3) is 5.45. The fourth-order valence-corrected chi connectivity index (χ4v) is 4.87. The molecule has 0 saturated heterocycles. The number of rotatable bonds is 6. The maximum Gasteiger partial charge on any atom is 0.406 e. The first kappa shape index (κ1) is 23.1. The number of sulfonamides is 1. The Hall–Kier alpha value is -2.20. The summed E-state index contributed by atoms with van der Waals surface area (Å²) in [5.41, 5.74) is 1.11. The van der Waals surface area contributed by atoms with Gasteiger partial charge in [-0.05, 0) is 44.0 Å². The quantitative estimate of drug-likeness (QED) is 0.690. The number of nitrogens with zero attached hydrogens (tertiary/aromatic N) is 1. The maximum absolute atomic E-state index is 13.9. The van der Waals surface area contributed by atoms with Gasteiger partial charge in [0.2, 0.25) is 10.0 Å². The van der Waals surface area contributed by atoms with Gasteiger partial charge in [0.25, 0.3) is 0 Å². The molecule has 1 atom stereocenters. The lowest BCUT2D eigenvalue weighted by Crippen LogP contribution is -2.51. The molecule has 29 heavy (non-hydrogen) atoms. The van der Waals surface area contributed by atoms with E-state index in [2.05, 4.69) is 0 Å². The molecular formula is C19H21F5N2O2S. The number of hydrogen-bond donors (Lipinski definition) is 1. The van der Waals surface area contributed by atoms with Crippen LogP contribution in [0.25, 0.3) is 0 Å². The lowest BCUT2D eigenvalue weighted by atomic mass is 10.1. The molecule has 2 rings (SSSR count). The molecule has 2 aromatic rings. The van der Waals surface area contributed by atoms with Gasteiger partial charge in [0.15, 0.2) is 0 Å². The summed E-state index contributed by atoms with van der Waals surface area (Å²) in [5, 5.41) is 0. The third-order valence-electron chi connectivity index (χ3n) is 4.34. The molecule has 0 spiro atoms. The maximum atomic E-state index is 13.9. The molecule has 2 aromatic carbocycles. The highest BCUT2D eigenvalue weighted by atomic mass is 32.2. The number of alkyl halides is 3. The van der Waals surface area contributed by atoms with Crippen LogP contribution in [0.2, 0.25) is 0 Å². The Bertz CT molecular complexity index is 983. The standard InChI is InChI=1S/C19H21F5N2O2S/c1-11-7-12(2)18(13(3)8-11)29(27,28)25-17(19(22,23)24)10-26(4)16-6-5-14(20)9-15(16)21/h5-9,17,25H,10H2,1-4H3. The van der Waals surface area contributed by atoms with Crippen molar-refractivity contribution in [3.63, 3.8) is 0 Å². The van der Waals surface area contributed by atoms with Crippen LogP contribution in [0.4, 0.5) is 27.6 Å². The molecule has 0 radical (unpaired) electrons. The number of hydrogen-bond acceptors (Lipinski definition) is 3. The SMILES string of the molecule is Cc1cc(C)c(S(=O)(=O)NC(CN(C)c2ccc(F)cc2F)C(F)(F)F)c(C)c1. The number of benzene rings is 2. The molecule has 1 unspecified atom stereocenters. The second kappa shape index (κ2) is 8.27. The number of anilines is 1. The predicted molar refractivity (Wildman–Crippen MR) is 100 cm³/mol. The van der Waals surface area contributed by atoms with Crippen molar-refractivity contribution in [1.29, 1.82) is 0 Å². The molecule has 0 bridgehead atoms. The molecule has 4 nitrogen and oxygen atoms in total. The topological polar surface area (TPSA) is 49.4 Å². The van der Waals surface area contributed by atoms with E-state index in [-0.39, 0.29) is 10.6 Å². The average molecular weight is 436 g/mol. The van der Waals surface area contributed by atoms with Gasteiger partial charge in [-0.1, -0.05) is 17.7 Å². The van der Waals surface area contributed by atoms with Crippen molar-refractivity contribution in [2.75, 3.05) is 18.5 Å². The van der Waals surface area contributed by atoms with E-state index in [0.29, 0.717) is 17.2 Å². The first-order valence-electron chi connectivity index (χ1n) is 8.55. The van der Waals surface area contributed by atoms with Crippen molar-refractivity contribution in [3.05, 3.63) is 58.7 Å². The normalized spacial score (nSPS) is 13.4. The number of likely N-dealkylation sites (N-methyl/N-ethyl adjacent to an activating group) is 1. The van der Waals surface area contributed by atoms with Gasteiger partial charge in [-0.2, -0.15) is 17.9 Å². The van der Waals surface area contributed by atoms with Crippen molar-refractivity contribution >= 4 is 15.7 Å². The van der Waals surface area contributed by atoms with Gasteiger partial charge in [-0.25, -0.2) is 17.2 Å². The van der Waals surface area contributed by atoms with E-state index in [1.807, 2.05) is 0 Å². The van der Waals surface area contributed by atoms with E-state index in [9.17, 15) is 30.4 Å². The molecule has 0 aliphatic heterocycles. The van der Waals surface area contributed by atoms with E-state index in [0.717, 1.165) is 29.6 Å². The summed E-state index contributed by atoms with van der Waals surface area (Å²) < 4.78 is 94.8. The molecule has 10 heteroatoms. The molecule has 0 saturated carbocycles. The van der Waals surface area contributed by atoms with Crippen LogP contribution in [-0.4, -0.2) is 34.2 Å². The summed E-state index contributed by atoms with van der Waals surface area (Å²) in [6.45, 7) is 3.83. The van der Waals surface area contributed by atoms with Gasteiger partial charge in [0.1, 0.15) is 17.7 Å². The third-order valence-corrected chi connectivity index (χ3v) is 6.12. The van der Waals surface area contributed by atoms with Crippen LogP contribution >= 0.6 is 0 Å². The number of aryl methyl sites for hydroxylation is 3. The van der Waals surface area contributed by atoms with E-state index >= 15 is 0 Å². The minimum Gasteiger partial charge on any atom is -0.370 e. The highest BCUT2D eigenvalue weighted by Gasteiger charge is 2.43. The monoisotopic (exact) mass is 436 g/mol. The van der Waals surface area contributed by atoms with E-state index < -0.39 is 40.4 Å². The fraction of sp³-hybridized carbons (Fsp3) is 0.368. The average Bonchev–Trinajstić information content (AvgIpc) is 2.51. The molecule has 1 N–H and O–H groups in total. The van der Waals surface area contributed by atoms with Crippen LogP contribution in [0.5, 0.6) is 0 Å². The van der Waals surface area contributed by atoms with E-state index in [1.54, 1.807) is 23.8 Å². The summed E-state index contributed by atoms with van der Waals surface area (Å²) in [6, 6.07) is 3.04. The number of halogens is 5. The van der Waals surface area contributed by atoms with E-state index in [4.69, 9.17) is 0 Å². The first-order valence-corrected chi connectivity index (χ1v) is 10.0. The van der Waals surface area contributed by atoms with Gasteiger partial charge in [-0.3, -0.25) is 0 Å². The number of nitrogens with one attached hydrogen (secondary N) is 1. The van der Waals surface area contributed by atoms with Crippen molar-refractivity contribution in [3.8, 4) is 0 Å². The predicted octanol–water partition coefficient (Wildman–Crippen LogP) is 4.24. The Morgan fingerprint density at radius 1 is 1.03 bits per heavy atom. The molecule has 0 heterocycles. The zero-order chi connectivity index (χ0) is 22.1. The molecule has 0 aliphatic carbocycles. The highest BCUT2D eigenvalue weighted by Crippen LogP contribution is 2.28. The Balaban J connectivity index is 2.37. The van der Waals surface area contributed by atoms with Crippen molar-refractivity contribution in [2.24, 2.45) is 0 Å². The van der Waals surface area contributed by atoms with Crippen molar-refractivity contribution in [1.82, 2.24) is 4.72 Å². The first-order chi connectivity index (χ1) is 13.2. The van der Waals surface area contributed by atoms with Crippen LogP contribution < -0.4 is 9.62 Å². The summed E-state index contributed by atoms with van der Waals surface area (Å²) in [4.78, 5) is 0.651. The summed E-state index contributed by atoms with van der Waals surface area (Å²) >= 11 is 0. The Kier molecular flexibility index (Phi) is 6.58. The molecule has 160 valence electrons. The zero-order valence-corrected chi connectivity index (χ0v) is 17.0. The largest absolute Gasteiger partial charge is 0.406 e. The smallest absolute Gasteiger partial charge is 0.370 e. The Labute approximate surface area is 166 Å². The minimum absolute atomic E-state index is 0.229. The molecule has 0 fully saturated rings. The van der Waals surface area contributed by atoms with Crippen molar-refractivity contribution in [2.45, 2.75) is 37.9 Å². The molecule has 0 aromatic heterocycles. The van der Waals surface area contributed by atoms with Crippen LogP contribution in [0, 0.1) is 32.4 Å². The minimum atomic E-state index is -4.94. The van der Waals surface area contributed by atoms with Crippen LogP contribution in [-0.2, 0) is 10.0 Å². The second-order valence-corrected chi connectivity index (χ2v) is 8.57. The van der Waals surface area contributed by atoms with Gasteiger partial charge in [0, 0.05) is 19.7 Å². The van der Waals surface area contributed by atoms with Gasteiger partial charge >= 0.3 is 6.18 Å². The van der Waals surface area contributed by atoms with Crippen molar-refractivity contribution < 1.29 is 30.4 Å². The molecular weight excluding hydrogens is 415 g/mol. The van der Waals surface area contributed by atoms with Crippen LogP contribution in [0.15, 0.2) is 35.2 Å². The van der Waals surface area contributed by atoms with Crippen LogP contribution in [0.3, 0.4) is 0 Å². The zero-order valence-electron chi connectivity index (χ0n) is 16.2.